The van der Waals surface area contributed by atoms with E-state index in [4.69, 9.17) is 14.7 Å². The average Bonchev–Trinajstić information content (AvgIpc) is 3.42. The topological polar surface area (TPSA) is 108 Å². The molecular formula is C30H40N6O3S. The Balaban J connectivity index is 1.41. The van der Waals surface area contributed by atoms with Crippen LogP contribution in [-0.2, 0) is 16.3 Å². The van der Waals surface area contributed by atoms with Gasteiger partial charge in [0.25, 0.3) is 0 Å². The van der Waals surface area contributed by atoms with Crippen molar-refractivity contribution in [1.82, 2.24) is 14.9 Å². The molecule has 10 heteroatoms. The lowest BCUT2D eigenvalue weighted by atomic mass is 9.81. The standard InChI is InChI=1S/C30H40N6O3S/c1-19(2)40(37,38)27-9-7-6-8-25(27)32-29-23-16-17-31-28(23)34-30(35-29)33-24-15-12-21(18-26(24)39-5)20-10-13-22(14-11-20)36(3)4/h6-9,12,15,18-20,22H,10-11,13-14,16-17H2,1-5H3,(H3,31,32,33,34,35). The summed E-state index contributed by atoms with van der Waals surface area (Å²) in [4.78, 5) is 12.1. The summed E-state index contributed by atoms with van der Waals surface area (Å²) in [7, 11) is 2.52. The number of nitrogens with zero attached hydrogens (tertiary/aromatic N) is 3. The molecule has 1 saturated carbocycles. The highest BCUT2D eigenvalue weighted by Crippen LogP contribution is 2.39. The summed E-state index contributed by atoms with van der Waals surface area (Å²) in [5.74, 6) is 2.98. The van der Waals surface area contributed by atoms with Gasteiger partial charge in [-0.1, -0.05) is 18.2 Å². The van der Waals surface area contributed by atoms with Crippen molar-refractivity contribution in [2.75, 3.05) is 43.7 Å². The summed E-state index contributed by atoms with van der Waals surface area (Å²) >= 11 is 0. The minimum Gasteiger partial charge on any atom is -0.495 e. The van der Waals surface area contributed by atoms with Gasteiger partial charge in [-0.05, 0) is 95.8 Å². The molecule has 0 amide bonds. The molecular weight excluding hydrogens is 524 g/mol. The summed E-state index contributed by atoms with van der Waals surface area (Å²) < 4.78 is 31.8. The molecule has 2 aromatic carbocycles. The first-order valence-corrected chi connectivity index (χ1v) is 15.6. The molecule has 0 saturated heterocycles. The fourth-order valence-electron chi connectivity index (χ4n) is 5.64. The third kappa shape index (κ3) is 5.74. The highest BCUT2D eigenvalue weighted by atomic mass is 32.2. The van der Waals surface area contributed by atoms with Crippen molar-refractivity contribution in [3.63, 3.8) is 0 Å². The van der Waals surface area contributed by atoms with Crippen LogP contribution >= 0.6 is 0 Å². The van der Waals surface area contributed by atoms with Crippen LogP contribution < -0.4 is 20.7 Å². The zero-order valence-electron chi connectivity index (χ0n) is 24.0. The Morgan fingerprint density at radius 1 is 1.00 bits per heavy atom. The molecule has 3 aromatic rings. The highest BCUT2D eigenvalue weighted by Gasteiger charge is 2.26. The summed E-state index contributed by atoms with van der Waals surface area (Å²) in [6.07, 6.45) is 5.48. The zero-order chi connectivity index (χ0) is 28.4. The van der Waals surface area contributed by atoms with E-state index < -0.39 is 15.1 Å². The fraction of sp³-hybridized carbons (Fsp3) is 0.467. The van der Waals surface area contributed by atoms with Crippen molar-refractivity contribution in [3.8, 4) is 5.75 Å². The first-order valence-electron chi connectivity index (χ1n) is 14.0. The fourth-order valence-corrected chi connectivity index (χ4v) is 6.84. The van der Waals surface area contributed by atoms with Gasteiger partial charge >= 0.3 is 0 Å². The third-order valence-corrected chi connectivity index (χ3v) is 10.3. The molecule has 0 unspecified atom stereocenters. The largest absolute Gasteiger partial charge is 0.495 e. The quantitative estimate of drug-likeness (QED) is 0.301. The van der Waals surface area contributed by atoms with Crippen LogP contribution in [0.15, 0.2) is 47.4 Å². The maximum Gasteiger partial charge on any atom is 0.231 e. The Morgan fingerprint density at radius 3 is 2.45 bits per heavy atom. The lowest BCUT2D eigenvalue weighted by molar-refractivity contribution is 0.216. The molecule has 3 N–H and O–H groups in total. The first kappa shape index (κ1) is 28.2. The number of fused-ring (bicyclic) bond motifs is 1. The molecule has 0 radical (unpaired) electrons. The van der Waals surface area contributed by atoms with E-state index in [1.54, 1.807) is 39.2 Å². The van der Waals surface area contributed by atoms with E-state index in [1.807, 2.05) is 12.1 Å². The maximum absolute atomic E-state index is 13.0. The van der Waals surface area contributed by atoms with E-state index in [-0.39, 0.29) is 4.90 Å². The number of sulfone groups is 1. The third-order valence-electron chi connectivity index (χ3n) is 8.11. The molecule has 2 aliphatic rings. The van der Waals surface area contributed by atoms with Gasteiger partial charge in [-0.15, -0.1) is 0 Å². The number of hydrogen-bond acceptors (Lipinski definition) is 9. The van der Waals surface area contributed by atoms with Gasteiger partial charge in [-0.3, -0.25) is 0 Å². The minimum atomic E-state index is -3.49. The van der Waals surface area contributed by atoms with Gasteiger partial charge in [0.05, 0.1) is 28.6 Å². The Labute approximate surface area is 237 Å². The highest BCUT2D eigenvalue weighted by molar-refractivity contribution is 7.92. The van der Waals surface area contributed by atoms with Gasteiger partial charge < -0.3 is 25.6 Å². The van der Waals surface area contributed by atoms with Crippen LogP contribution in [0, 0.1) is 0 Å². The summed E-state index contributed by atoms with van der Waals surface area (Å²) in [5.41, 5.74) is 3.50. The van der Waals surface area contributed by atoms with Crippen molar-refractivity contribution < 1.29 is 13.2 Å². The van der Waals surface area contributed by atoms with Crippen LogP contribution in [0.1, 0.15) is 56.6 Å². The molecule has 2 heterocycles. The SMILES string of the molecule is COc1cc(C2CCC(N(C)C)CC2)ccc1Nc1nc2c(c(Nc3ccccc3S(=O)(=O)C(C)C)n1)CCN2. The number of nitrogens with one attached hydrogen (secondary N) is 3. The lowest BCUT2D eigenvalue weighted by Crippen LogP contribution is -2.31. The minimum absolute atomic E-state index is 0.259. The summed E-state index contributed by atoms with van der Waals surface area (Å²) in [6.45, 7) is 4.12. The first-order chi connectivity index (χ1) is 19.2. The van der Waals surface area contributed by atoms with E-state index in [1.165, 1.54) is 31.2 Å². The predicted octanol–water partition coefficient (Wildman–Crippen LogP) is 5.71. The number of para-hydroxylation sites is 1. The number of rotatable bonds is 9. The average molecular weight is 565 g/mol. The molecule has 40 heavy (non-hydrogen) atoms. The van der Waals surface area contributed by atoms with Crippen LogP contribution in [0.2, 0.25) is 0 Å². The molecule has 0 spiro atoms. The van der Waals surface area contributed by atoms with Gasteiger partial charge in [0.1, 0.15) is 17.4 Å². The monoisotopic (exact) mass is 564 g/mol. The van der Waals surface area contributed by atoms with Crippen molar-refractivity contribution in [3.05, 3.63) is 53.6 Å². The van der Waals surface area contributed by atoms with E-state index in [0.29, 0.717) is 29.4 Å². The molecule has 5 rings (SSSR count). The summed E-state index contributed by atoms with van der Waals surface area (Å²) in [5, 5.41) is 9.44. The molecule has 1 aliphatic carbocycles. The van der Waals surface area contributed by atoms with Crippen LogP contribution in [0.5, 0.6) is 5.75 Å². The van der Waals surface area contributed by atoms with Crippen molar-refractivity contribution in [2.45, 2.75) is 68.1 Å². The van der Waals surface area contributed by atoms with Crippen molar-refractivity contribution >= 4 is 38.8 Å². The predicted molar refractivity (Wildman–Crippen MR) is 161 cm³/mol. The molecule has 9 nitrogen and oxygen atoms in total. The summed E-state index contributed by atoms with van der Waals surface area (Å²) in [6, 6.07) is 14.0. The molecule has 1 fully saturated rings. The molecule has 0 atom stereocenters. The Morgan fingerprint density at radius 2 is 1.75 bits per heavy atom. The number of ether oxygens (including phenoxy) is 1. The smallest absolute Gasteiger partial charge is 0.231 e. The number of methoxy groups -OCH3 is 1. The van der Waals surface area contributed by atoms with Crippen LogP contribution in [0.25, 0.3) is 0 Å². The van der Waals surface area contributed by atoms with E-state index in [0.717, 1.165) is 35.8 Å². The number of hydrogen-bond donors (Lipinski definition) is 3. The Kier molecular flexibility index (Phi) is 8.19. The second kappa shape index (κ2) is 11.6. The Hall–Kier alpha value is -3.37. The molecule has 1 aromatic heterocycles. The van der Waals surface area contributed by atoms with Crippen LogP contribution in [0.3, 0.4) is 0 Å². The van der Waals surface area contributed by atoms with E-state index in [9.17, 15) is 8.42 Å². The van der Waals surface area contributed by atoms with Gasteiger partial charge in [-0.2, -0.15) is 9.97 Å². The van der Waals surface area contributed by atoms with Gasteiger partial charge in [0.2, 0.25) is 5.95 Å². The van der Waals surface area contributed by atoms with Gasteiger partial charge in [0.15, 0.2) is 9.84 Å². The van der Waals surface area contributed by atoms with Crippen LogP contribution in [-0.4, -0.2) is 62.3 Å². The number of anilines is 5. The molecule has 0 bridgehead atoms. The maximum atomic E-state index is 13.0. The second-order valence-electron chi connectivity index (χ2n) is 11.2. The van der Waals surface area contributed by atoms with Gasteiger partial charge in [-0.25, -0.2) is 8.42 Å². The van der Waals surface area contributed by atoms with E-state index in [2.05, 4.69) is 47.1 Å². The molecule has 214 valence electrons. The van der Waals surface area contributed by atoms with Gasteiger partial charge in [0, 0.05) is 18.2 Å². The Bertz CT molecular complexity index is 1470. The second-order valence-corrected chi connectivity index (χ2v) is 13.6. The van der Waals surface area contributed by atoms with Crippen molar-refractivity contribution in [2.24, 2.45) is 0 Å². The number of aromatic nitrogens is 2. The van der Waals surface area contributed by atoms with E-state index >= 15 is 0 Å². The normalized spacial score (nSPS) is 18.9. The van der Waals surface area contributed by atoms with Crippen molar-refractivity contribution in [1.29, 1.82) is 0 Å². The lowest BCUT2D eigenvalue weighted by Gasteiger charge is -2.33. The number of benzene rings is 2. The molecule has 1 aliphatic heterocycles. The zero-order valence-corrected chi connectivity index (χ0v) is 24.8. The van der Waals surface area contributed by atoms with Crippen LogP contribution in [0.4, 0.5) is 29.0 Å².